The molecule has 0 spiro atoms. The first-order valence-corrected chi connectivity index (χ1v) is 12.3. The summed E-state index contributed by atoms with van der Waals surface area (Å²) in [5, 5.41) is 10.9. The molecule has 1 atom stereocenters. The van der Waals surface area contributed by atoms with E-state index in [1.54, 1.807) is 19.3 Å². The van der Waals surface area contributed by atoms with E-state index in [0.29, 0.717) is 48.4 Å². The molecule has 0 radical (unpaired) electrons. The lowest BCUT2D eigenvalue weighted by Crippen LogP contribution is -2.00. The van der Waals surface area contributed by atoms with Gasteiger partial charge in [0, 0.05) is 23.3 Å². The number of ether oxygens (including phenoxy) is 4. The molecule has 0 aromatic heterocycles. The number of aliphatic hydroxyl groups excluding tert-OH is 1. The Hall–Kier alpha value is -4.22. The van der Waals surface area contributed by atoms with Crippen molar-refractivity contribution in [2.45, 2.75) is 26.2 Å². The molecule has 1 unspecified atom stereocenters. The molecule has 0 heterocycles. The van der Waals surface area contributed by atoms with Gasteiger partial charge in [0.05, 0.1) is 13.7 Å². The van der Waals surface area contributed by atoms with Gasteiger partial charge in [0.2, 0.25) is 0 Å². The number of hydrogen-bond acceptors (Lipinski definition) is 5. The largest absolute Gasteiger partial charge is 0.496 e. The first-order chi connectivity index (χ1) is 18.2. The molecule has 4 aromatic carbocycles. The second kappa shape index (κ2) is 13.2. The van der Waals surface area contributed by atoms with Crippen molar-refractivity contribution in [2.75, 3.05) is 13.7 Å². The molecular formula is C32H32O5. The van der Waals surface area contributed by atoms with Crippen LogP contribution in [0.1, 0.15) is 35.3 Å². The highest BCUT2D eigenvalue weighted by Gasteiger charge is 2.13. The zero-order valence-electron chi connectivity index (χ0n) is 21.2. The Morgan fingerprint density at radius 2 is 1.30 bits per heavy atom. The van der Waals surface area contributed by atoms with Gasteiger partial charge in [-0.25, -0.2) is 0 Å². The summed E-state index contributed by atoms with van der Waals surface area (Å²) in [5.74, 6) is 2.63. The molecular weight excluding hydrogens is 464 g/mol. The predicted molar refractivity (Wildman–Crippen MR) is 146 cm³/mol. The first-order valence-electron chi connectivity index (χ1n) is 12.3. The van der Waals surface area contributed by atoms with Crippen molar-refractivity contribution >= 4 is 6.08 Å². The molecule has 4 rings (SSSR count). The Kier molecular flexibility index (Phi) is 9.22. The van der Waals surface area contributed by atoms with Crippen LogP contribution in [0.25, 0.3) is 6.08 Å². The topological polar surface area (TPSA) is 57.2 Å². The fraction of sp³-hybridized carbons (Fsp3) is 0.188. The SMILES string of the molecule is CCOc1ccc(C(O)C=Cc2ccc(OCc3ccccc3)cc2OCc2ccccc2)c(OC)c1. The summed E-state index contributed by atoms with van der Waals surface area (Å²) in [6.45, 7) is 3.36. The van der Waals surface area contributed by atoms with Crippen molar-refractivity contribution < 1.29 is 24.1 Å². The molecule has 5 nitrogen and oxygen atoms in total. The number of hydrogen-bond donors (Lipinski definition) is 1. The van der Waals surface area contributed by atoms with E-state index < -0.39 is 6.10 Å². The summed E-state index contributed by atoms with van der Waals surface area (Å²) in [7, 11) is 1.58. The van der Waals surface area contributed by atoms with Gasteiger partial charge in [-0.1, -0.05) is 72.8 Å². The van der Waals surface area contributed by atoms with E-state index in [1.165, 1.54) is 0 Å². The van der Waals surface area contributed by atoms with Crippen LogP contribution in [0.5, 0.6) is 23.0 Å². The molecule has 0 aliphatic rings. The van der Waals surface area contributed by atoms with Crippen LogP contribution in [0.15, 0.2) is 103 Å². The number of methoxy groups -OCH3 is 1. The van der Waals surface area contributed by atoms with Gasteiger partial charge >= 0.3 is 0 Å². The fourth-order valence-electron chi connectivity index (χ4n) is 3.83. The van der Waals surface area contributed by atoms with Crippen LogP contribution in [-0.2, 0) is 13.2 Å². The zero-order valence-corrected chi connectivity index (χ0v) is 21.2. The van der Waals surface area contributed by atoms with Gasteiger partial charge < -0.3 is 24.1 Å². The van der Waals surface area contributed by atoms with E-state index in [4.69, 9.17) is 18.9 Å². The Morgan fingerprint density at radius 3 is 1.95 bits per heavy atom. The third kappa shape index (κ3) is 7.38. The number of aliphatic hydroxyl groups is 1. The molecule has 0 aliphatic heterocycles. The summed E-state index contributed by atoms with van der Waals surface area (Å²) in [5.41, 5.74) is 3.63. The average molecular weight is 497 g/mol. The number of benzene rings is 4. The first kappa shape index (κ1) is 25.9. The maximum absolute atomic E-state index is 10.9. The Labute approximate surface area is 218 Å². The van der Waals surface area contributed by atoms with Crippen molar-refractivity contribution in [1.29, 1.82) is 0 Å². The highest BCUT2D eigenvalue weighted by Crippen LogP contribution is 2.32. The van der Waals surface area contributed by atoms with Gasteiger partial charge in [0.1, 0.15) is 42.3 Å². The third-order valence-corrected chi connectivity index (χ3v) is 5.76. The molecule has 5 heteroatoms. The van der Waals surface area contributed by atoms with E-state index in [1.807, 2.05) is 104 Å². The Bertz CT molecular complexity index is 1290. The lowest BCUT2D eigenvalue weighted by molar-refractivity contribution is 0.223. The maximum atomic E-state index is 10.9. The van der Waals surface area contributed by atoms with E-state index in [0.717, 1.165) is 16.7 Å². The van der Waals surface area contributed by atoms with Crippen molar-refractivity contribution in [3.63, 3.8) is 0 Å². The highest BCUT2D eigenvalue weighted by molar-refractivity contribution is 5.60. The molecule has 0 aliphatic carbocycles. The molecule has 4 aromatic rings. The average Bonchev–Trinajstić information content (AvgIpc) is 2.95. The van der Waals surface area contributed by atoms with Crippen LogP contribution in [0.2, 0.25) is 0 Å². The van der Waals surface area contributed by atoms with Gasteiger partial charge in [-0.3, -0.25) is 0 Å². The smallest absolute Gasteiger partial charge is 0.130 e. The quantitative estimate of drug-likeness (QED) is 0.229. The molecule has 1 N–H and O–H groups in total. The van der Waals surface area contributed by atoms with Crippen LogP contribution in [-0.4, -0.2) is 18.8 Å². The second-order valence-electron chi connectivity index (χ2n) is 8.39. The van der Waals surface area contributed by atoms with Gasteiger partial charge in [0.15, 0.2) is 0 Å². The molecule has 190 valence electrons. The van der Waals surface area contributed by atoms with Crippen molar-refractivity contribution in [2.24, 2.45) is 0 Å². The normalized spacial score (nSPS) is 11.8. The predicted octanol–water partition coefficient (Wildman–Crippen LogP) is 7.00. The summed E-state index contributed by atoms with van der Waals surface area (Å²) in [4.78, 5) is 0. The van der Waals surface area contributed by atoms with E-state index in [-0.39, 0.29) is 0 Å². The van der Waals surface area contributed by atoms with Crippen LogP contribution < -0.4 is 18.9 Å². The fourth-order valence-corrected chi connectivity index (χ4v) is 3.83. The molecule has 0 saturated heterocycles. The standard InChI is InChI=1S/C32H32O5/c1-3-35-27-17-18-29(32(21-27)34-2)30(33)19-15-26-14-16-28(36-22-24-10-6-4-7-11-24)20-31(26)37-23-25-12-8-5-9-13-25/h4-21,30,33H,3,22-23H2,1-2H3. The summed E-state index contributed by atoms with van der Waals surface area (Å²) in [6, 6.07) is 31.2. The van der Waals surface area contributed by atoms with Crippen LogP contribution in [0.3, 0.4) is 0 Å². The van der Waals surface area contributed by atoms with Crippen LogP contribution >= 0.6 is 0 Å². The molecule has 0 amide bonds. The zero-order chi connectivity index (χ0) is 25.9. The van der Waals surface area contributed by atoms with Gasteiger partial charge in [-0.2, -0.15) is 0 Å². The van der Waals surface area contributed by atoms with Gasteiger partial charge in [0.25, 0.3) is 0 Å². The van der Waals surface area contributed by atoms with Crippen LogP contribution in [0.4, 0.5) is 0 Å². The molecule has 0 fully saturated rings. The third-order valence-electron chi connectivity index (χ3n) is 5.76. The highest BCUT2D eigenvalue weighted by atomic mass is 16.5. The van der Waals surface area contributed by atoms with Crippen molar-refractivity contribution in [3.8, 4) is 23.0 Å². The van der Waals surface area contributed by atoms with Gasteiger partial charge in [-0.15, -0.1) is 0 Å². The minimum Gasteiger partial charge on any atom is -0.496 e. The van der Waals surface area contributed by atoms with Gasteiger partial charge in [-0.05, 0) is 42.3 Å². The lowest BCUT2D eigenvalue weighted by atomic mass is 10.1. The minimum atomic E-state index is -0.874. The second-order valence-corrected chi connectivity index (χ2v) is 8.39. The molecule has 0 bridgehead atoms. The Morgan fingerprint density at radius 1 is 0.703 bits per heavy atom. The Balaban J connectivity index is 1.54. The molecule has 0 saturated carbocycles. The summed E-state index contributed by atoms with van der Waals surface area (Å²) < 4.78 is 23.2. The van der Waals surface area contributed by atoms with E-state index >= 15 is 0 Å². The summed E-state index contributed by atoms with van der Waals surface area (Å²) in [6.07, 6.45) is 2.69. The van der Waals surface area contributed by atoms with Crippen molar-refractivity contribution in [1.82, 2.24) is 0 Å². The van der Waals surface area contributed by atoms with E-state index in [9.17, 15) is 5.11 Å². The maximum Gasteiger partial charge on any atom is 0.130 e. The molecule has 37 heavy (non-hydrogen) atoms. The van der Waals surface area contributed by atoms with E-state index in [2.05, 4.69) is 0 Å². The lowest BCUT2D eigenvalue weighted by Gasteiger charge is -2.15. The monoisotopic (exact) mass is 496 g/mol. The van der Waals surface area contributed by atoms with Crippen LogP contribution in [0, 0.1) is 0 Å². The summed E-state index contributed by atoms with van der Waals surface area (Å²) >= 11 is 0. The van der Waals surface area contributed by atoms with Crippen molar-refractivity contribution in [3.05, 3.63) is 125 Å². The number of rotatable bonds is 12. The minimum absolute atomic E-state index is 0.416.